The van der Waals surface area contributed by atoms with Crippen LogP contribution in [-0.2, 0) is 9.53 Å². The van der Waals surface area contributed by atoms with E-state index < -0.39 is 0 Å². The minimum atomic E-state index is -0.334. The number of hydrogen-bond acceptors (Lipinski definition) is 2. The van der Waals surface area contributed by atoms with Gasteiger partial charge in [0.05, 0.1) is 0 Å². The van der Waals surface area contributed by atoms with Gasteiger partial charge in [0.15, 0.2) is 0 Å². The van der Waals surface area contributed by atoms with Crippen LogP contribution in [0, 0.1) is 23.7 Å². The molecular formula is C18H14O2. The Kier molecular flexibility index (Phi) is 7.54. The lowest BCUT2D eigenvalue weighted by atomic mass is 10.3. The molecule has 0 unspecified atom stereocenters. The predicted molar refractivity (Wildman–Crippen MR) is 81.1 cm³/mol. The van der Waals surface area contributed by atoms with Gasteiger partial charge in [0.1, 0.15) is 5.76 Å². The molecule has 0 aliphatic carbocycles. The molecule has 0 spiro atoms. The molecular weight excluding hydrogens is 248 g/mol. The fourth-order valence-corrected chi connectivity index (χ4v) is 1.11. The van der Waals surface area contributed by atoms with Crippen LogP contribution in [0.25, 0.3) is 0 Å². The van der Waals surface area contributed by atoms with Crippen LogP contribution < -0.4 is 0 Å². The van der Waals surface area contributed by atoms with Gasteiger partial charge in [-0.05, 0) is 43.1 Å². The summed E-state index contributed by atoms with van der Waals surface area (Å²) in [6.45, 7) is 1.91. The molecule has 1 aliphatic heterocycles. The van der Waals surface area contributed by atoms with E-state index in [1.807, 2.05) is 37.3 Å². The first-order valence-electron chi connectivity index (χ1n) is 6.05. The van der Waals surface area contributed by atoms with E-state index in [2.05, 4.69) is 23.7 Å². The molecule has 0 saturated carbocycles. The molecule has 1 rings (SSSR count). The predicted octanol–water partition coefficient (Wildman–Crippen LogP) is 3.23. The van der Waals surface area contributed by atoms with Gasteiger partial charge in [0.2, 0.25) is 0 Å². The highest BCUT2D eigenvalue weighted by atomic mass is 16.5. The Morgan fingerprint density at radius 2 is 1.65 bits per heavy atom. The SMILES string of the molecule is C/C=C/C#CC#C/C=C/C=C/C=C\C=C1\C=CC(=O)O1. The van der Waals surface area contributed by atoms with Crippen LogP contribution >= 0.6 is 0 Å². The molecule has 20 heavy (non-hydrogen) atoms. The van der Waals surface area contributed by atoms with E-state index in [4.69, 9.17) is 4.74 Å². The van der Waals surface area contributed by atoms with Crippen molar-refractivity contribution in [3.8, 4) is 23.7 Å². The summed E-state index contributed by atoms with van der Waals surface area (Å²) in [7, 11) is 0. The van der Waals surface area contributed by atoms with Crippen molar-refractivity contribution in [2.75, 3.05) is 0 Å². The third kappa shape index (κ3) is 7.37. The van der Waals surface area contributed by atoms with Crippen LogP contribution in [0.15, 0.2) is 72.6 Å². The van der Waals surface area contributed by atoms with Gasteiger partial charge in [0.25, 0.3) is 0 Å². The number of ether oxygens (including phenoxy) is 1. The molecule has 0 bridgehead atoms. The highest BCUT2D eigenvalue weighted by Crippen LogP contribution is 2.08. The van der Waals surface area contributed by atoms with Gasteiger partial charge in [-0.3, -0.25) is 0 Å². The first-order chi connectivity index (χ1) is 9.83. The van der Waals surface area contributed by atoms with Crippen LogP contribution in [0.1, 0.15) is 6.92 Å². The number of carbonyl (C=O) groups excluding carboxylic acids is 1. The Hall–Kier alpha value is -2.97. The van der Waals surface area contributed by atoms with Gasteiger partial charge >= 0.3 is 5.97 Å². The van der Waals surface area contributed by atoms with Gasteiger partial charge in [0, 0.05) is 6.08 Å². The summed E-state index contributed by atoms with van der Waals surface area (Å²) in [6.07, 6.45) is 19.2. The van der Waals surface area contributed by atoms with Crippen LogP contribution in [0.5, 0.6) is 0 Å². The Morgan fingerprint density at radius 3 is 2.35 bits per heavy atom. The van der Waals surface area contributed by atoms with Crippen molar-refractivity contribution in [1.29, 1.82) is 0 Å². The highest BCUT2D eigenvalue weighted by Gasteiger charge is 2.06. The van der Waals surface area contributed by atoms with E-state index in [0.717, 1.165) is 0 Å². The fourth-order valence-electron chi connectivity index (χ4n) is 1.11. The maximum Gasteiger partial charge on any atom is 0.336 e. The summed E-state index contributed by atoms with van der Waals surface area (Å²) in [5, 5.41) is 0. The highest BCUT2D eigenvalue weighted by molar-refractivity contribution is 5.86. The molecule has 0 amide bonds. The monoisotopic (exact) mass is 262 g/mol. The molecule has 1 aliphatic rings. The second-order valence-electron chi connectivity index (χ2n) is 3.49. The van der Waals surface area contributed by atoms with E-state index in [9.17, 15) is 4.79 Å². The molecule has 0 aromatic rings. The van der Waals surface area contributed by atoms with Crippen molar-refractivity contribution >= 4 is 5.97 Å². The largest absolute Gasteiger partial charge is 0.423 e. The molecule has 2 heteroatoms. The standard InChI is InChI=1S/C18H14O2/c1-2-3-4-5-6-7-8-9-10-11-12-13-14-17-15-16-18(19)20-17/h2-3,8-16H,1H3/b3-2+,9-8+,11-10+,13-12-,17-14-. The number of rotatable bonds is 3. The van der Waals surface area contributed by atoms with Crippen molar-refractivity contribution in [3.63, 3.8) is 0 Å². The molecule has 0 fully saturated rings. The van der Waals surface area contributed by atoms with Crippen LogP contribution in [-0.4, -0.2) is 5.97 Å². The molecule has 0 saturated heterocycles. The summed E-state index contributed by atoms with van der Waals surface area (Å²) in [5.74, 6) is 11.2. The quantitative estimate of drug-likeness (QED) is 0.443. The van der Waals surface area contributed by atoms with Crippen molar-refractivity contribution < 1.29 is 9.53 Å². The van der Waals surface area contributed by atoms with Crippen molar-refractivity contribution in [1.82, 2.24) is 0 Å². The van der Waals surface area contributed by atoms with E-state index in [-0.39, 0.29) is 5.97 Å². The zero-order valence-corrected chi connectivity index (χ0v) is 11.2. The molecule has 2 nitrogen and oxygen atoms in total. The molecule has 0 atom stereocenters. The van der Waals surface area contributed by atoms with E-state index >= 15 is 0 Å². The summed E-state index contributed by atoms with van der Waals surface area (Å²) in [4.78, 5) is 10.7. The number of cyclic esters (lactones) is 1. The number of esters is 1. The lowest BCUT2D eigenvalue weighted by Gasteiger charge is -1.90. The van der Waals surface area contributed by atoms with Gasteiger partial charge in [-0.25, -0.2) is 4.79 Å². The zero-order chi connectivity index (χ0) is 14.5. The molecule has 98 valence electrons. The van der Waals surface area contributed by atoms with E-state index in [1.165, 1.54) is 6.08 Å². The Labute approximate surface area is 119 Å². The van der Waals surface area contributed by atoms with Crippen LogP contribution in [0.4, 0.5) is 0 Å². The maximum absolute atomic E-state index is 10.7. The topological polar surface area (TPSA) is 26.3 Å². The van der Waals surface area contributed by atoms with Crippen LogP contribution in [0.3, 0.4) is 0 Å². The number of carbonyl (C=O) groups is 1. The lowest BCUT2D eigenvalue weighted by molar-refractivity contribution is -0.132. The van der Waals surface area contributed by atoms with Crippen LogP contribution in [0.2, 0.25) is 0 Å². The fraction of sp³-hybridized carbons (Fsp3) is 0.0556. The van der Waals surface area contributed by atoms with E-state index in [1.54, 1.807) is 30.4 Å². The third-order valence-electron chi connectivity index (χ3n) is 1.94. The normalized spacial score (nSPS) is 16.1. The first kappa shape index (κ1) is 15.1. The van der Waals surface area contributed by atoms with Crippen molar-refractivity contribution in [3.05, 3.63) is 72.6 Å². The summed E-state index contributed by atoms with van der Waals surface area (Å²) in [5.41, 5.74) is 0. The summed E-state index contributed by atoms with van der Waals surface area (Å²) in [6, 6.07) is 0. The van der Waals surface area contributed by atoms with Gasteiger partial charge < -0.3 is 4.74 Å². The Balaban J connectivity index is 2.30. The summed E-state index contributed by atoms with van der Waals surface area (Å²) < 4.78 is 4.85. The summed E-state index contributed by atoms with van der Waals surface area (Å²) >= 11 is 0. The zero-order valence-electron chi connectivity index (χ0n) is 11.2. The molecule has 0 N–H and O–H groups in total. The Morgan fingerprint density at radius 1 is 0.950 bits per heavy atom. The third-order valence-corrected chi connectivity index (χ3v) is 1.94. The second kappa shape index (κ2) is 10.00. The molecule has 1 heterocycles. The minimum absolute atomic E-state index is 0.334. The molecule has 0 aromatic heterocycles. The lowest BCUT2D eigenvalue weighted by Crippen LogP contribution is -1.89. The van der Waals surface area contributed by atoms with E-state index in [0.29, 0.717) is 5.76 Å². The maximum atomic E-state index is 10.7. The minimum Gasteiger partial charge on any atom is -0.423 e. The number of hydrogen-bond donors (Lipinski definition) is 0. The van der Waals surface area contributed by atoms with Crippen molar-refractivity contribution in [2.45, 2.75) is 6.92 Å². The smallest absolute Gasteiger partial charge is 0.336 e. The van der Waals surface area contributed by atoms with Gasteiger partial charge in [-0.2, -0.15) is 0 Å². The first-order valence-corrected chi connectivity index (χ1v) is 6.05. The van der Waals surface area contributed by atoms with Gasteiger partial charge in [-0.1, -0.05) is 48.3 Å². The number of allylic oxidation sites excluding steroid dienone is 10. The Bertz CT molecular complexity index is 630. The van der Waals surface area contributed by atoms with Crippen molar-refractivity contribution in [2.24, 2.45) is 0 Å². The average molecular weight is 262 g/mol. The molecule has 0 aromatic carbocycles. The average Bonchev–Trinajstić information content (AvgIpc) is 2.86. The molecule has 0 radical (unpaired) electrons. The van der Waals surface area contributed by atoms with Gasteiger partial charge in [-0.15, -0.1) is 0 Å². The second-order valence-corrected chi connectivity index (χ2v) is 3.49.